The molecule has 0 saturated heterocycles. The van der Waals surface area contributed by atoms with Crippen LogP contribution in [0.4, 0.5) is 22.7 Å². The third kappa shape index (κ3) is 8.33. The van der Waals surface area contributed by atoms with Crippen molar-refractivity contribution in [2.24, 2.45) is 20.5 Å². The van der Waals surface area contributed by atoms with Crippen LogP contribution in [0.1, 0.15) is 37.0 Å². The number of phenols is 1. The van der Waals surface area contributed by atoms with Crippen LogP contribution in [0.15, 0.2) is 84.8 Å². The van der Waals surface area contributed by atoms with Crippen molar-refractivity contribution in [2.45, 2.75) is 56.9 Å². The summed E-state index contributed by atoms with van der Waals surface area (Å²) in [5.41, 5.74) is 2.49. The first-order valence-corrected chi connectivity index (χ1v) is 18.0. The lowest BCUT2D eigenvalue weighted by atomic mass is 10.0. The zero-order chi connectivity index (χ0) is 36.3. The van der Waals surface area contributed by atoms with Crippen LogP contribution < -0.4 is 10.1 Å². The van der Waals surface area contributed by atoms with E-state index in [1.54, 1.807) is 26.0 Å². The minimum Gasteiger partial charge on any atom is -0.505 e. The van der Waals surface area contributed by atoms with Crippen LogP contribution in [0.2, 0.25) is 0 Å². The normalized spacial score (nSPS) is 12.9. The fraction of sp³-hybridized carbons (Fsp3) is 0.273. The molecule has 0 fully saturated rings. The van der Waals surface area contributed by atoms with Gasteiger partial charge in [0.2, 0.25) is 6.04 Å². The van der Waals surface area contributed by atoms with E-state index in [0.717, 1.165) is 30.2 Å². The van der Waals surface area contributed by atoms with E-state index in [9.17, 15) is 36.1 Å². The molecule has 0 radical (unpaired) electrons. The molecule has 258 valence electrons. The number of nitrogens with zero attached hydrogens (tertiary/aromatic N) is 4. The van der Waals surface area contributed by atoms with Gasteiger partial charge in [0.05, 0.1) is 29.1 Å². The summed E-state index contributed by atoms with van der Waals surface area (Å²) in [4.78, 5) is 25.1. The first-order chi connectivity index (χ1) is 23.0. The van der Waals surface area contributed by atoms with Crippen LogP contribution in [0.25, 0.3) is 10.8 Å². The van der Waals surface area contributed by atoms with Gasteiger partial charge in [-0.25, -0.2) is 8.42 Å². The number of carbonyl (C=O) groups is 2. The number of rotatable bonds is 12. The molecule has 0 aliphatic rings. The number of fused-ring (bicyclic) bond motifs is 1. The van der Waals surface area contributed by atoms with E-state index in [0.29, 0.717) is 23.4 Å². The van der Waals surface area contributed by atoms with Gasteiger partial charge in [-0.05, 0) is 111 Å². The van der Waals surface area contributed by atoms with Crippen molar-refractivity contribution in [2.75, 3.05) is 18.2 Å². The number of benzene rings is 4. The molecule has 49 heavy (non-hydrogen) atoms. The first kappa shape index (κ1) is 36.8. The minimum atomic E-state index is -4.93. The highest BCUT2D eigenvalue weighted by molar-refractivity contribution is 7.91. The molecule has 4 aromatic rings. The Morgan fingerprint density at radius 3 is 2.14 bits per heavy atom. The number of methoxy groups -OCH3 is 1. The molecule has 0 bridgehead atoms. The molecule has 0 heterocycles. The lowest BCUT2D eigenvalue weighted by molar-refractivity contribution is -0.126. The minimum absolute atomic E-state index is 0.0358. The predicted molar refractivity (Wildman–Crippen MR) is 183 cm³/mol. The summed E-state index contributed by atoms with van der Waals surface area (Å²) in [5, 5.41) is 30.0. The predicted octanol–water partition coefficient (Wildman–Crippen LogP) is 7.01. The topological polar surface area (TPSA) is 214 Å². The third-order valence-corrected chi connectivity index (χ3v) is 10.4. The number of azo groups is 2. The van der Waals surface area contributed by atoms with Crippen LogP contribution in [-0.2, 0) is 29.5 Å². The lowest BCUT2D eigenvalue weighted by Crippen LogP contribution is -2.32. The standard InChI is InChI=1S/C33H35N5O9S2/c1-7-12-48(42,43)24-10-8-23(9-11-24)35-38-31(21(5)39)33(41)34-27-17-25-22(16-29(27)49(44,45)46)13-20(4)30(32(25)40)37-36-26-14-18(2)19(3)15-28(26)47-6/h8-11,13-17,31,40H,7,12H2,1-6H3,(H,34,41)(H,44,45,46). The maximum absolute atomic E-state index is 13.3. The van der Waals surface area contributed by atoms with Gasteiger partial charge in [-0.2, -0.15) is 18.6 Å². The maximum Gasteiger partial charge on any atom is 0.296 e. The summed E-state index contributed by atoms with van der Waals surface area (Å²) in [6, 6.07) is 10.9. The smallest absolute Gasteiger partial charge is 0.296 e. The van der Waals surface area contributed by atoms with Crippen LogP contribution in [0, 0.1) is 20.8 Å². The summed E-state index contributed by atoms with van der Waals surface area (Å²) in [5.74, 6) is -1.81. The van der Waals surface area contributed by atoms with Crippen molar-refractivity contribution in [3.8, 4) is 11.5 Å². The van der Waals surface area contributed by atoms with Crippen molar-refractivity contribution in [3.63, 3.8) is 0 Å². The highest BCUT2D eigenvalue weighted by Crippen LogP contribution is 2.42. The summed E-state index contributed by atoms with van der Waals surface area (Å²) in [6.07, 6.45) is 0.435. The van der Waals surface area contributed by atoms with E-state index >= 15 is 0 Å². The van der Waals surface area contributed by atoms with Crippen molar-refractivity contribution in [3.05, 3.63) is 71.3 Å². The molecule has 1 atom stereocenters. The number of anilines is 1. The number of amides is 1. The van der Waals surface area contributed by atoms with Gasteiger partial charge in [-0.3, -0.25) is 14.1 Å². The second-order valence-electron chi connectivity index (χ2n) is 11.3. The van der Waals surface area contributed by atoms with Crippen LogP contribution >= 0.6 is 0 Å². The summed E-state index contributed by atoms with van der Waals surface area (Å²) < 4.78 is 64.8. The van der Waals surface area contributed by atoms with Gasteiger partial charge in [0.1, 0.15) is 22.0 Å². The molecule has 14 nitrogen and oxygen atoms in total. The second-order valence-corrected chi connectivity index (χ2v) is 14.8. The maximum atomic E-state index is 13.3. The van der Waals surface area contributed by atoms with Gasteiger partial charge in [0.25, 0.3) is 16.0 Å². The number of hydrogen-bond acceptors (Lipinski definition) is 12. The average molecular weight is 710 g/mol. The van der Waals surface area contributed by atoms with Crippen molar-refractivity contribution in [1.82, 2.24) is 0 Å². The zero-order valence-corrected chi connectivity index (χ0v) is 29.2. The number of nitrogens with one attached hydrogen (secondary N) is 1. The van der Waals surface area contributed by atoms with Crippen LogP contribution in [0.3, 0.4) is 0 Å². The molecule has 16 heteroatoms. The highest BCUT2D eigenvalue weighted by atomic mass is 32.2. The molecule has 4 aromatic carbocycles. The van der Waals surface area contributed by atoms with Crippen LogP contribution in [-0.4, -0.2) is 57.1 Å². The quantitative estimate of drug-likeness (QED) is 0.0783. The molecule has 0 aromatic heterocycles. The number of aromatic hydroxyl groups is 1. The van der Waals surface area contributed by atoms with E-state index in [4.69, 9.17) is 4.74 Å². The number of carbonyl (C=O) groups excluding carboxylic acids is 2. The molecule has 0 spiro atoms. The van der Waals surface area contributed by atoms with Crippen molar-refractivity contribution >= 4 is 65.2 Å². The number of ketones is 1. The number of hydrogen-bond donors (Lipinski definition) is 3. The first-order valence-electron chi connectivity index (χ1n) is 14.9. The Kier molecular flexibility index (Phi) is 11.0. The average Bonchev–Trinajstić information content (AvgIpc) is 3.02. The Hall–Kier alpha value is -5.06. The van der Waals surface area contributed by atoms with Gasteiger partial charge in [-0.1, -0.05) is 6.92 Å². The van der Waals surface area contributed by atoms with E-state index in [-0.39, 0.29) is 32.8 Å². The summed E-state index contributed by atoms with van der Waals surface area (Å²) in [6.45, 7) is 8.24. The SMILES string of the molecule is CCCS(=O)(=O)c1ccc(N=NC(C(C)=O)C(=O)Nc2cc3c(O)c(N=Nc4cc(C)c(C)cc4OC)c(C)cc3cc2S(=O)(=O)O)cc1. The Morgan fingerprint density at radius 1 is 0.898 bits per heavy atom. The van der Waals surface area contributed by atoms with Gasteiger partial charge in [0.15, 0.2) is 21.4 Å². The fourth-order valence-corrected chi connectivity index (χ4v) is 6.83. The Balaban J connectivity index is 1.72. The summed E-state index contributed by atoms with van der Waals surface area (Å²) >= 11 is 0. The van der Waals surface area contributed by atoms with E-state index in [2.05, 4.69) is 25.8 Å². The molecule has 3 N–H and O–H groups in total. The molecule has 0 aliphatic heterocycles. The van der Waals surface area contributed by atoms with Crippen molar-refractivity contribution < 1.29 is 40.8 Å². The lowest BCUT2D eigenvalue weighted by Gasteiger charge is -2.15. The van der Waals surface area contributed by atoms with E-state index in [1.165, 1.54) is 37.4 Å². The molecule has 1 amide bonds. The molecule has 1 unspecified atom stereocenters. The monoisotopic (exact) mass is 709 g/mol. The van der Waals surface area contributed by atoms with E-state index in [1.807, 2.05) is 13.8 Å². The van der Waals surface area contributed by atoms with Crippen molar-refractivity contribution in [1.29, 1.82) is 0 Å². The molecule has 0 aliphatic carbocycles. The Labute approximate surface area is 283 Å². The largest absolute Gasteiger partial charge is 0.505 e. The number of aryl methyl sites for hydroxylation is 3. The zero-order valence-electron chi connectivity index (χ0n) is 27.5. The van der Waals surface area contributed by atoms with Gasteiger partial charge in [0, 0.05) is 5.39 Å². The number of phenolic OH excluding ortho intramolecular Hbond substituents is 1. The fourth-order valence-electron chi connectivity index (χ4n) is 4.84. The van der Waals surface area contributed by atoms with Crippen LogP contribution in [0.5, 0.6) is 11.5 Å². The Bertz CT molecular complexity index is 2230. The van der Waals surface area contributed by atoms with Gasteiger partial charge >= 0.3 is 0 Å². The van der Waals surface area contributed by atoms with Gasteiger partial charge in [-0.15, -0.1) is 10.2 Å². The number of sulfone groups is 1. The molecule has 0 saturated carbocycles. The molecular weight excluding hydrogens is 675 g/mol. The second kappa shape index (κ2) is 14.6. The molecular formula is C33H35N5O9S2. The number of Topliss-reactive ketones (excluding diaryl/α,β-unsaturated/α-hetero) is 1. The Morgan fingerprint density at radius 2 is 1.55 bits per heavy atom. The summed E-state index contributed by atoms with van der Waals surface area (Å²) in [7, 11) is -6.92. The molecule has 4 rings (SSSR count). The van der Waals surface area contributed by atoms with Gasteiger partial charge < -0.3 is 15.2 Å². The van der Waals surface area contributed by atoms with E-state index < -0.39 is 54.0 Å². The highest BCUT2D eigenvalue weighted by Gasteiger charge is 2.27. The number of ether oxygens (including phenoxy) is 1. The third-order valence-electron chi connectivity index (χ3n) is 7.56.